The minimum atomic E-state index is 0. The smallest absolute Gasteiger partial charge is 0.00626 e. The van der Waals surface area contributed by atoms with Crippen LogP contribution in [0.3, 0.4) is 0 Å². The van der Waals surface area contributed by atoms with Crippen LogP contribution in [0, 0.1) is 11.8 Å². The van der Waals surface area contributed by atoms with Crippen molar-refractivity contribution >= 4 is 21.6 Å². The summed E-state index contributed by atoms with van der Waals surface area (Å²) in [6.45, 7) is 4.77. The van der Waals surface area contributed by atoms with Gasteiger partial charge >= 0.3 is 0 Å². The third-order valence-corrected chi connectivity index (χ3v) is 5.33. The first-order valence-corrected chi connectivity index (χ1v) is 7.52. The largest absolute Gasteiger partial charge is 0.0939 e. The lowest BCUT2D eigenvalue weighted by molar-refractivity contribution is 0.490. The van der Waals surface area contributed by atoms with Gasteiger partial charge in [-0.15, -0.1) is 0 Å². The Bertz CT molecular complexity index is 93.5. The van der Waals surface area contributed by atoms with Crippen LogP contribution < -0.4 is 0 Å². The van der Waals surface area contributed by atoms with Gasteiger partial charge < -0.3 is 0 Å². The molecule has 2 atom stereocenters. The molecule has 0 radical (unpaired) electrons. The predicted octanol–water partition coefficient (Wildman–Crippen LogP) is 4.46. The molecule has 0 aromatic rings. The van der Waals surface area contributed by atoms with E-state index in [0.29, 0.717) is 0 Å². The second kappa shape index (κ2) is 6.20. The first kappa shape index (κ1) is 10.8. The Kier molecular flexibility index (Phi) is 5.57. The fraction of sp³-hybridized carbons (Fsp3) is 1.00. The number of hydrogen-bond donors (Lipinski definition) is 0. The molecule has 0 aliphatic carbocycles. The van der Waals surface area contributed by atoms with Gasteiger partial charge in [-0.1, -0.05) is 48.3 Å². The first-order chi connectivity index (χ1) is 5.79. The van der Waals surface area contributed by atoms with Gasteiger partial charge in [0.15, 0.2) is 0 Å². The van der Waals surface area contributed by atoms with E-state index in [9.17, 15) is 0 Å². The minimum absolute atomic E-state index is 0. The highest BCUT2D eigenvalue weighted by molar-refractivity contribution is 8.76. The molecule has 0 nitrogen and oxygen atoms in total. The Balaban J connectivity index is 0.00000144. The number of rotatable bonds is 0. The molecule has 2 heteroatoms. The lowest BCUT2D eigenvalue weighted by Crippen LogP contribution is -2.03. The van der Waals surface area contributed by atoms with Crippen LogP contribution in [-0.2, 0) is 0 Å². The zero-order valence-corrected chi connectivity index (χ0v) is 9.85. The normalized spacial score (nSPS) is 34.5. The van der Waals surface area contributed by atoms with Crippen LogP contribution >= 0.6 is 21.6 Å². The summed E-state index contributed by atoms with van der Waals surface area (Å²) in [5.41, 5.74) is 0. The summed E-state index contributed by atoms with van der Waals surface area (Å²) >= 11 is 0. The third kappa shape index (κ3) is 4.66. The zero-order chi connectivity index (χ0) is 8.81. The average Bonchev–Trinajstić information content (AvgIpc) is 2.06. The van der Waals surface area contributed by atoms with Crippen LogP contribution in [0.15, 0.2) is 0 Å². The van der Waals surface area contributed by atoms with E-state index in [1.807, 2.05) is 0 Å². The highest BCUT2D eigenvalue weighted by Gasteiger charge is 2.08. The predicted molar refractivity (Wildman–Crippen MR) is 63.8 cm³/mol. The maximum Gasteiger partial charge on any atom is 0.00626 e. The topological polar surface area (TPSA) is 0 Å². The molecule has 12 heavy (non-hydrogen) atoms. The molecule has 1 saturated heterocycles. The van der Waals surface area contributed by atoms with Crippen molar-refractivity contribution in [1.82, 2.24) is 0 Å². The maximum absolute atomic E-state index is 2.39. The second-order valence-electron chi connectivity index (χ2n) is 4.06. The van der Waals surface area contributed by atoms with Crippen molar-refractivity contribution in [2.45, 2.75) is 39.5 Å². The quantitative estimate of drug-likeness (QED) is 0.537. The van der Waals surface area contributed by atoms with Gasteiger partial charge in [0.1, 0.15) is 0 Å². The van der Waals surface area contributed by atoms with Crippen LogP contribution in [-0.4, -0.2) is 11.5 Å². The summed E-state index contributed by atoms with van der Waals surface area (Å²) in [5.74, 6) is 4.60. The SMILES string of the molecule is C[C@@H]1CCCC[C@H](C)CSSC1.[HH]. The lowest BCUT2D eigenvalue weighted by Gasteiger charge is -2.16. The van der Waals surface area contributed by atoms with E-state index in [4.69, 9.17) is 0 Å². The summed E-state index contributed by atoms with van der Waals surface area (Å²) in [6, 6.07) is 0. The van der Waals surface area contributed by atoms with E-state index in [2.05, 4.69) is 35.4 Å². The molecule has 74 valence electrons. The Morgan fingerprint density at radius 3 is 1.75 bits per heavy atom. The molecule has 0 aromatic carbocycles. The molecule has 0 unspecified atom stereocenters. The molecule has 0 bridgehead atoms. The number of hydrogen-bond acceptors (Lipinski definition) is 2. The lowest BCUT2D eigenvalue weighted by atomic mass is 10.0. The summed E-state index contributed by atoms with van der Waals surface area (Å²) in [6.07, 6.45) is 5.80. The molecule has 1 fully saturated rings. The molecule has 1 aliphatic heterocycles. The third-order valence-electron chi connectivity index (χ3n) is 2.43. The summed E-state index contributed by atoms with van der Waals surface area (Å²) < 4.78 is 0. The van der Waals surface area contributed by atoms with E-state index in [-0.39, 0.29) is 1.43 Å². The second-order valence-corrected chi connectivity index (χ2v) is 6.62. The van der Waals surface area contributed by atoms with Crippen molar-refractivity contribution in [2.75, 3.05) is 11.5 Å². The minimum Gasteiger partial charge on any atom is -0.0939 e. The maximum atomic E-state index is 2.39. The highest BCUT2D eigenvalue weighted by Crippen LogP contribution is 2.30. The van der Waals surface area contributed by atoms with E-state index in [1.54, 1.807) is 0 Å². The van der Waals surface area contributed by atoms with E-state index in [1.165, 1.54) is 37.2 Å². The van der Waals surface area contributed by atoms with Crippen molar-refractivity contribution in [3.8, 4) is 0 Å². The van der Waals surface area contributed by atoms with Crippen molar-refractivity contribution in [3.05, 3.63) is 0 Å². The molecular weight excluding hydrogens is 184 g/mol. The summed E-state index contributed by atoms with van der Waals surface area (Å²) in [5, 5.41) is 0. The standard InChI is InChI=1S/C10H20S2.H2/c1-9-5-3-4-6-10(2)8-12-11-7-9;/h9-10H,3-8H2,1-2H3;1H/t9-,10+;. The van der Waals surface area contributed by atoms with Gasteiger partial charge in [0.2, 0.25) is 0 Å². The van der Waals surface area contributed by atoms with Gasteiger partial charge in [-0.25, -0.2) is 0 Å². The van der Waals surface area contributed by atoms with Crippen LogP contribution in [0.4, 0.5) is 0 Å². The monoisotopic (exact) mass is 206 g/mol. The molecular formula is C10H22S2. The van der Waals surface area contributed by atoms with Gasteiger partial charge in [0.25, 0.3) is 0 Å². The van der Waals surface area contributed by atoms with Crippen molar-refractivity contribution in [3.63, 3.8) is 0 Å². The van der Waals surface area contributed by atoms with E-state index < -0.39 is 0 Å². The van der Waals surface area contributed by atoms with Crippen molar-refractivity contribution in [1.29, 1.82) is 0 Å². The van der Waals surface area contributed by atoms with Gasteiger partial charge in [0, 0.05) is 12.9 Å². The van der Waals surface area contributed by atoms with Gasteiger partial charge in [0.05, 0.1) is 0 Å². The van der Waals surface area contributed by atoms with Gasteiger partial charge in [-0.05, 0) is 24.7 Å². The van der Waals surface area contributed by atoms with Gasteiger partial charge in [-0.2, -0.15) is 0 Å². The van der Waals surface area contributed by atoms with Crippen LogP contribution in [0.1, 0.15) is 41.0 Å². The Morgan fingerprint density at radius 2 is 1.33 bits per heavy atom. The highest BCUT2D eigenvalue weighted by atomic mass is 33.1. The molecule has 0 N–H and O–H groups in total. The van der Waals surface area contributed by atoms with Gasteiger partial charge in [-0.3, -0.25) is 0 Å². The van der Waals surface area contributed by atoms with Crippen LogP contribution in [0.5, 0.6) is 0 Å². The fourth-order valence-electron chi connectivity index (χ4n) is 1.48. The average molecular weight is 206 g/mol. The Labute approximate surface area is 86.1 Å². The molecule has 0 aromatic heterocycles. The fourth-order valence-corrected chi connectivity index (χ4v) is 4.44. The molecule has 0 saturated carbocycles. The molecule has 1 heterocycles. The Morgan fingerprint density at radius 1 is 0.917 bits per heavy atom. The van der Waals surface area contributed by atoms with E-state index >= 15 is 0 Å². The van der Waals surface area contributed by atoms with Crippen molar-refractivity contribution < 1.29 is 1.43 Å². The Hall–Kier alpha value is 0.700. The summed E-state index contributed by atoms with van der Waals surface area (Å²) in [7, 11) is 4.16. The first-order valence-electron chi connectivity index (χ1n) is 5.03. The van der Waals surface area contributed by atoms with E-state index in [0.717, 1.165) is 11.8 Å². The summed E-state index contributed by atoms with van der Waals surface area (Å²) in [4.78, 5) is 0. The molecule has 1 rings (SSSR count). The zero-order valence-electron chi connectivity index (χ0n) is 8.21. The van der Waals surface area contributed by atoms with Crippen LogP contribution in [0.25, 0.3) is 0 Å². The molecule has 0 spiro atoms. The van der Waals surface area contributed by atoms with Crippen molar-refractivity contribution in [2.24, 2.45) is 11.8 Å². The molecule has 0 amide bonds. The van der Waals surface area contributed by atoms with Crippen LogP contribution in [0.2, 0.25) is 0 Å². The molecule has 1 aliphatic rings.